The van der Waals surface area contributed by atoms with Gasteiger partial charge in [-0.25, -0.2) is 0 Å². The summed E-state index contributed by atoms with van der Waals surface area (Å²) >= 11 is 0. The minimum absolute atomic E-state index is 1.13. The van der Waals surface area contributed by atoms with Crippen molar-refractivity contribution in [2.24, 2.45) is 0 Å². The molecule has 0 nitrogen and oxygen atoms in total. The molecule has 0 aliphatic rings. The van der Waals surface area contributed by atoms with Gasteiger partial charge in [0.1, 0.15) is 0 Å². The Bertz CT molecular complexity index is 249. The predicted molar refractivity (Wildman–Crippen MR) is 108 cm³/mol. The van der Waals surface area contributed by atoms with Gasteiger partial charge in [0.2, 0.25) is 0 Å². The largest absolute Gasteiger partial charge is 0.0882 e. The van der Waals surface area contributed by atoms with Crippen LogP contribution in [-0.2, 0) is 0 Å². The molecule has 0 fully saturated rings. The lowest BCUT2D eigenvalue weighted by molar-refractivity contribution is 0.550. The van der Waals surface area contributed by atoms with E-state index in [4.69, 9.17) is 0 Å². The second-order valence-electron chi connectivity index (χ2n) is 7.00. The third-order valence-electron chi connectivity index (χ3n) is 4.55. The van der Waals surface area contributed by atoms with E-state index in [1.807, 2.05) is 0 Å². The molecule has 0 heteroatoms. The SMILES string of the molecule is CCCCCC=CCC=CCCCCCCCCCCCCC. The van der Waals surface area contributed by atoms with Gasteiger partial charge in [-0.1, -0.05) is 115 Å². The fraction of sp³-hybridized carbons (Fsp3) is 0.826. The molecule has 0 aromatic carbocycles. The molecule has 136 valence electrons. The standard InChI is InChI=1S/C23H44/c1-3-5-7-9-11-13-15-17-19-21-23-22-20-18-16-14-12-10-8-6-4-2/h11,13,17,19H,3-10,12,14-16,18,20-23H2,1-2H3. The molecule has 0 saturated carbocycles. The minimum atomic E-state index is 1.13. The van der Waals surface area contributed by atoms with Crippen LogP contribution in [0.1, 0.15) is 123 Å². The van der Waals surface area contributed by atoms with Gasteiger partial charge in [0, 0.05) is 0 Å². The number of rotatable bonds is 18. The van der Waals surface area contributed by atoms with E-state index in [9.17, 15) is 0 Å². The molecule has 0 spiro atoms. The normalized spacial score (nSPS) is 11.9. The molecule has 23 heavy (non-hydrogen) atoms. The maximum absolute atomic E-state index is 2.38. The van der Waals surface area contributed by atoms with Crippen LogP contribution in [0.15, 0.2) is 24.3 Å². The van der Waals surface area contributed by atoms with E-state index in [1.165, 1.54) is 103 Å². The van der Waals surface area contributed by atoms with Gasteiger partial charge < -0.3 is 0 Å². The zero-order valence-electron chi connectivity index (χ0n) is 16.3. The molecule has 0 radical (unpaired) electrons. The van der Waals surface area contributed by atoms with Crippen molar-refractivity contribution >= 4 is 0 Å². The molecule has 0 saturated heterocycles. The summed E-state index contributed by atoms with van der Waals surface area (Å²) in [5, 5.41) is 0. The summed E-state index contributed by atoms with van der Waals surface area (Å²) in [6.07, 6.45) is 32.9. The predicted octanol–water partition coefficient (Wildman–Crippen LogP) is 8.77. The number of hydrogen-bond acceptors (Lipinski definition) is 0. The summed E-state index contributed by atoms with van der Waals surface area (Å²) in [6.45, 7) is 4.56. The van der Waals surface area contributed by atoms with Gasteiger partial charge in [0.25, 0.3) is 0 Å². The van der Waals surface area contributed by atoms with Crippen molar-refractivity contribution < 1.29 is 0 Å². The zero-order chi connectivity index (χ0) is 16.8. The highest BCUT2D eigenvalue weighted by Gasteiger charge is 1.92. The van der Waals surface area contributed by atoms with Crippen LogP contribution >= 0.6 is 0 Å². The average molecular weight is 321 g/mol. The van der Waals surface area contributed by atoms with Crippen LogP contribution < -0.4 is 0 Å². The Morgan fingerprint density at radius 1 is 0.391 bits per heavy atom. The van der Waals surface area contributed by atoms with Gasteiger partial charge >= 0.3 is 0 Å². The molecule has 0 unspecified atom stereocenters. The fourth-order valence-corrected chi connectivity index (χ4v) is 2.95. The highest BCUT2D eigenvalue weighted by Crippen LogP contribution is 2.12. The van der Waals surface area contributed by atoms with E-state index in [0.29, 0.717) is 0 Å². The monoisotopic (exact) mass is 320 g/mol. The second kappa shape index (κ2) is 21.5. The maximum Gasteiger partial charge on any atom is -0.0169 e. The molecular formula is C23H44. The first kappa shape index (κ1) is 22.5. The van der Waals surface area contributed by atoms with Gasteiger partial charge in [-0.15, -0.1) is 0 Å². The van der Waals surface area contributed by atoms with Crippen LogP contribution in [0, 0.1) is 0 Å². The molecule has 0 aromatic rings. The average Bonchev–Trinajstić information content (AvgIpc) is 2.57. The lowest BCUT2D eigenvalue weighted by Gasteiger charge is -2.01. The number of hydrogen-bond donors (Lipinski definition) is 0. The van der Waals surface area contributed by atoms with Crippen molar-refractivity contribution in [1.82, 2.24) is 0 Å². The number of unbranched alkanes of at least 4 members (excludes halogenated alkanes) is 14. The van der Waals surface area contributed by atoms with Crippen molar-refractivity contribution in [3.8, 4) is 0 Å². The van der Waals surface area contributed by atoms with Crippen LogP contribution in [0.3, 0.4) is 0 Å². The van der Waals surface area contributed by atoms with Crippen LogP contribution in [-0.4, -0.2) is 0 Å². The van der Waals surface area contributed by atoms with Gasteiger partial charge in [0.05, 0.1) is 0 Å². The summed E-state index contributed by atoms with van der Waals surface area (Å²) in [6, 6.07) is 0. The zero-order valence-corrected chi connectivity index (χ0v) is 16.3. The van der Waals surface area contributed by atoms with Crippen LogP contribution in [0.5, 0.6) is 0 Å². The molecule has 0 aliphatic carbocycles. The maximum atomic E-state index is 2.38. The van der Waals surface area contributed by atoms with E-state index < -0.39 is 0 Å². The number of allylic oxidation sites excluding steroid dienone is 4. The summed E-state index contributed by atoms with van der Waals surface area (Å²) in [5.74, 6) is 0. The summed E-state index contributed by atoms with van der Waals surface area (Å²) in [7, 11) is 0. The third-order valence-corrected chi connectivity index (χ3v) is 4.55. The molecule has 0 amide bonds. The highest BCUT2D eigenvalue weighted by molar-refractivity contribution is 4.92. The Kier molecular flexibility index (Phi) is 21.0. The summed E-state index contributed by atoms with van der Waals surface area (Å²) in [5.41, 5.74) is 0. The Labute approximate surface area is 147 Å². The second-order valence-corrected chi connectivity index (χ2v) is 7.00. The lowest BCUT2D eigenvalue weighted by atomic mass is 10.1. The molecular weight excluding hydrogens is 276 g/mol. The molecule has 0 aromatic heterocycles. The third kappa shape index (κ3) is 21.5. The van der Waals surface area contributed by atoms with E-state index in [0.717, 1.165) is 6.42 Å². The Balaban J connectivity index is 3.10. The molecule has 0 N–H and O–H groups in total. The van der Waals surface area contributed by atoms with Crippen LogP contribution in [0.25, 0.3) is 0 Å². The molecule has 0 rings (SSSR count). The Morgan fingerprint density at radius 2 is 0.739 bits per heavy atom. The van der Waals surface area contributed by atoms with Crippen molar-refractivity contribution in [3.63, 3.8) is 0 Å². The summed E-state index contributed by atoms with van der Waals surface area (Å²) < 4.78 is 0. The molecule has 0 heterocycles. The van der Waals surface area contributed by atoms with Crippen molar-refractivity contribution in [3.05, 3.63) is 24.3 Å². The van der Waals surface area contributed by atoms with Crippen molar-refractivity contribution in [2.45, 2.75) is 123 Å². The molecule has 0 bridgehead atoms. The smallest absolute Gasteiger partial charge is 0.0169 e. The van der Waals surface area contributed by atoms with Crippen molar-refractivity contribution in [2.75, 3.05) is 0 Å². The van der Waals surface area contributed by atoms with Gasteiger partial charge in [0.15, 0.2) is 0 Å². The topological polar surface area (TPSA) is 0 Å². The minimum Gasteiger partial charge on any atom is -0.0882 e. The first-order valence-corrected chi connectivity index (χ1v) is 10.7. The van der Waals surface area contributed by atoms with Crippen LogP contribution in [0.4, 0.5) is 0 Å². The highest BCUT2D eigenvalue weighted by atomic mass is 14.0. The molecule has 0 atom stereocenters. The van der Waals surface area contributed by atoms with E-state index in [-0.39, 0.29) is 0 Å². The Hall–Kier alpha value is -0.520. The van der Waals surface area contributed by atoms with Crippen LogP contribution in [0.2, 0.25) is 0 Å². The Morgan fingerprint density at radius 3 is 1.22 bits per heavy atom. The lowest BCUT2D eigenvalue weighted by Crippen LogP contribution is -1.81. The quantitative estimate of drug-likeness (QED) is 0.175. The van der Waals surface area contributed by atoms with Crippen molar-refractivity contribution in [1.29, 1.82) is 0 Å². The van der Waals surface area contributed by atoms with Gasteiger partial charge in [-0.2, -0.15) is 0 Å². The van der Waals surface area contributed by atoms with E-state index in [1.54, 1.807) is 0 Å². The van der Waals surface area contributed by atoms with Gasteiger partial charge in [-0.05, 0) is 32.1 Å². The fourth-order valence-electron chi connectivity index (χ4n) is 2.95. The van der Waals surface area contributed by atoms with Gasteiger partial charge in [-0.3, -0.25) is 0 Å². The van der Waals surface area contributed by atoms with E-state index >= 15 is 0 Å². The van der Waals surface area contributed by atoms with E-state index in [2.05, 4.69) is 38.2 Å². The molecule has 0 aliphatic heterocycles. The first-order valence-electron chi connectivity index (χ1n) is 10.7. The first-order chi connectivity index (χ1) is 11.4. The summed E-state index contributed by atoms with van der Waals surface area (Å²) in [4.78, 5) is 0.